The first-order chi connectivity index (χ1) is 15.6. The van der Waals surface area contributed by atoms with Crippen molar-refractivity contribution >= 4 is 5.69 Å². The minimum atomic E-state index is -0.587. The number of aryl methyl sites for hydroxylation is 2. The van der Waals surface area contributed by atoms with Crippen molar-refractivity contribution in [1.29, 1.82) is 5.26 Å². The van der Waals surface area contributed by atoms with Gasteiger partial charge >= 0.3 is 0 Å². The van der Waals surface area contributed by atoms with Gasteiger partial charge < -0.3 is 14.4 Å². The van der Waals surface area contributed by atoms with E-state index in [1.165, 1.54) is 16.8 Å². The monoisotopic (exact) mass is 426 g/mol. The average Bonchev–Trinajstić information content (AvgIpc) is 2.87. The Labute approximate surface area is 191 Å². The maximum absolute atomic E-state index is 10.6. The van der Waals surface area contributed by atoms with Crippen LogP contribution in [0.2, 0.25) is 0 Å². The summed E-state index contributed by atoms with van der Waals surface area (Å²) < 4.78 is 10.9. The number of methoxy groups -OCH3 is 2. The van der Waals surface area contributed by atoms with Crippen molar-refractivity contribution < 1.29 is 9.47 Å². The molecule has 4 heteroatoms. The zero-order valence-electron chi connectivity index (χ0n) is 19.0. The molecule has 0 saturated carbocycles. The SMILES string of the molecule is COc1ccc(CC[C@]2(C#N)CCc3ccccc3N2[C@@H](C)c2ccccc2)cc1OC. The number of ether oxygens (including phenoxy) is 2. The van der Waals surface area contributed by atoms with Crippen molar-refractivity contribution in [2.24, 2.45) is 0 Å². The Morgan fingerprint density at radius 1 is 0.969 bits per heavy atom. The van der Waals surface area contributed by atoms with Crippen molar-refractivity contribution in [3.63, 3.8) is 0 Å². The molecular formula is C28H30N2O2. The lowest BCUT2D eigenvalue weighted by molar-refractivity contribution is 0.353. The van der Waals surface area contributed by atoms with Crippen molar-refractivity contribution in [2.75, 3.05) is 19.1 Å². The maximum Gasteiger partial charge on any atom is 0.160 e. The molecule has 0 radical (unpaired) electrons. The summed E-state index contributed by atoms with van der Waals surface area (Å²) in [7, 11) is 3.30. The molecule has 0 fully saturated rings. The number of para-hydroxylation sites is 1. The highest BCUT2D eigenvalue weighted by Gasteiger charge is 2.43. The molecule has 0 spiro atoms. The van der Waals surface area contributed by atoms with E-state index < -0.39 is 5.54 Å². The molecule has 1 aliphatic rings. The molecule has 0 N–H and O–H groups in total. The van der Waals surface area contributed by atoms with Gasteiger partial charge in [0.25, 0.3) is 0 Å². The van der Waals surface area contributed by atoms with E-state index in [-0.39, 0.29) is 6.04 Å². The second-order valence-corrected chi connectivity index (χ2v) is 8.42. The fraction of sp³-hybridized carbons (Fsp3) is 0.321. The van der Waals surface area contributed by atoms with E-state index in [0.29, 0.717) is 0 Å². The Kier molecular flexibility index (Phi) is 6.37. The molecule has 4 nitrogen and oxygen atoms in total. The second-order valence-electron chi connectivity index (χ2n) is 8.42. The van der Waals surface area contributed by atoms with Crippen LogP contribution in [0.25, 0.3) is 0 Å². The second kappa shape index (κ2) is 9.36. The highest BCUT2D eigenvalue weighted by Crippen LogP contribution is 2.44. The number of nitriles is 1. The Morgan fingerprint density at radius 3 is 2.41 bits per heavy atom. The lowest BCUT2D eigenvalue weighted by Crippen LogP contribution is -2.52. The largest absolute Gasteiger partial charge is 0.493 e. The van der Waals surface area contributed by atoms with Gasteiger partial charge in [-0.25, -0.2) is 0 Å². The van der Waals surface area contributed by atoms with Gasteiger partial charge in [0.15, 0.2) is 11.5 Å². The highest BCUT2D eigenvalue weighted by atomic mass is 16.5. The van der Waals surface area contributed by atoms with Crippen LogP contribution in [0.15, 0.2) is 72.8 Å². The van der Waals surface area contributed by atoms with E-state index in [1.54, 1.807) is 14.2 Å². The maximum atomic E-state index is 10.6. The number of nitrogens with zero attached hydrogens (tertiary/aromatic N) is 2. The summed E-state index contributed by atoms with van der Waals surface area (Å²) in [5, 5.41) is 10.6. The average molecular weight is 427 g/mol. The van der Waals surface area contributed by atoms with Gasteiger partial charge in [-0.2, -0.15) is 5.26 Å². The van der Waals surface area contributed by atoms with E-state index in [1.807, 2.05) is 18.2 Å². The zero-order valence-corrected chi connectivity index (χ0v) is 19.0. The van der Waals surface area contributed by atoms with Gasteiger partial charge in [-0.1, -0.05) is 54.6 Å². The molecule has 1 heterocycles. The van der Waals surface area contributed by atoms with E-state index >= 15 is 0 Å². The van der Waals surface area contributed by atoms with Crippen LogP contribution >= 0.6 is 0 Å². The van der Waals surface area contributed by atoms with E-state index in [2.05, 4.69) is 72.5 Å². The molecule has 0 saturated heterocycles. The fourth-order valence-corrected chi connectivity index (χ4v) is 4.91. The predicted molar refractivity (Wildman–Crippen MR) is 128 cm³/mol. The molecule has 0 bridgehead atoms. The Morgan fingerprint density at radius 2 is 1.69 bits per heavy atom. The van der Waals surface area contributed by atoms with Crippen molar-refractivity contribution in [3.8, 4) is 17.6 Å². The topological polar surface area (TPSA) is 45.5 Å². The van der Waals surface area contributed by atoms with Crippen LogP contribution in [0, 0.1) is 11.3 Å². The summed E-state index contributed by atoms with van der Waals surface area (Å²) in [6.07, 6.45) is 3.25. The van der Waals surface area contributed by atoms with Gasteiger partial charge in [0.2, 0.25) is 0 Å². The quantitative estimate of drug-likeness (QED) is 0.457. The molecule has 0 amide bonds. The molecule has 1 aliphatic heterocycles. The van der Waals surface area contributed by atoms with Crippen LogP contribution in [-0.4, -0.2) is 19.8 Å². The Bertz CT molecular complexity index is 1110. The number of hydrogen-bond donors (Lipinski definition) is 0. The van der Waals surface area contributed by atoms with Gasteiger partial charge in [-0.15, -0.1) is 0 Å². The Balaban J connectivity index is 1.70. The van der Waals surface area contributed by atoms with E-state index in [9.17, 15) is 5.26 Å². The standard InChI is InChI=1S/C28H30N2O2/c1-21(23-9-5-4-6-10-23)30-25-12-8-7-11-24(25)16-18-28(30,20-29)17-15-22-13-14-26(31-2)27(19-22)32-3/h4-14,19,21H,15-18H2,1-3H3/t21-,28+/m0/s1. The molecule has 0 aliphatic carbocycles. The fourth-order valence-electron chi connectivity index (χ4n) is 4.91. The summed E-state index contributed by atoms with van der Waals surface area (Å²) in [4.78, 5) is 2.36. The van der Waals surface area contributed by atoms with Crippen molar-refractivity contribution in [3.05, 3.63) is 89.5 Å². The van der Waals surface area contributed by atoms with Gasteiger partial charge in [0.1, 0.15) is 5.54 Å². The normalized spacial score (nSPS) is 18.4. The molecule has 3 aromatic rings. The smallest absolute Gasteiger partial charge is 0.160 e. The third-order valence-electron chi connectivity index (χ3n) is 6.67. The number of benzene rings is 3. The third-order valence-corrected chi connectivity index (χ3v) is 6.67. The van der Waals surface area contributed by atoms with Crippen LogP contribution in [-0.2, 0) is 12.8 Å². The van der Waals surface area contributed by atoms with Crippen molar-refractivity contribution in [2.45, 2.75) is 44.2 Å². The molecule has 3 aromatic carbocycles. The summed E-state index contributed by atoms with van der Waals surface area (Å²) in [6.45, 7) is 2.21. The predicted octanol–water partition coefficient (Wildman–Crippen LogP) is 6.11. The Hall–Kier alpha value is -3.45. The molecule has 2 atom stereocenters. The molecular weight excluding hydrogens is 396 g/mol. The zero-order chi connectivity index (χ0) is 22.6. The molecule has 32 heavy (non-hydrogen) atoms. The lowest BCUT2D eigenvalue weighted by atomic mass is 9.79. The van der Waals surface area contributed by atoms with Crippen LogP contribution in [0.3, 0.4) is 0 Å². The summed E-state index contributed by atoms with van der Waals surface area (Å²) in [5.41, 5.74) is 4.26. The summed E-state index contributed by atoms with van der Waals surface area (Å²) in [6, 6.07) is 27.9. The number of anilines is 1. The highest BCUT2D eigenvalue weighted by molar-refractivity contribution is 5.61. The van der Waals surface area contributed by atoms with Crippen LogP contribution in [0.4, 0.5) is 5.69 Å². The minimum absolute atomic E-state index is 0.0858. The van der Waals surface area contributed by atoms with E-state index in [4.69, 9.17) is 9.47 Å². The first-order valence-corrected chi connectivity index (χ1v) is 11.2. The van der Waals surface area contributed by atoms with Crippen LogP contribution < -0.4 is 14.4 Å². The molecule has 0 unspecified atom stereocenters. The van der Waals surface area contributed by atoms with Gasteiger partial charge in [-0.05, 0) is 67.5 Å². The summed E-state index contributed by atoms with van der Waals surface area (Å²) in [5.74, 6) is 1.44. The van der Waals surface area contributed by atoms with Gasteiger partial charge in [0.05, 0.1) is 26.3 Å². The molecule has 4 rings (SSSR count). The van der Waals surface area contributed by atoms with Gasteiger partial charge in [-0.3, -0.25) is 0 Å². The third kappa shape index (κ3) is 4.03. The molecule has 0 aromatic heterocycles. The van der Waals surface area contributed by atoms with Gasteiger partial charge in [0, 0.05) is 5.69 Å². The molecule has 164 valence electrons. The van der Waals surface area contributed by atoms with E-state index in [0.717, 1.165) is 42.7 Å². The van der Waals surface area contributed by atoms with Crippen LogP contribution in [0.1, 0.15) is 42.5 Å². The van der Waals surface area contributed by atoms with Crippen LogP contribution in [0.5, 0.6) is 11.5 Å². The number of fused-ring (bicyclic) bond motifs is 1. The summed E-state index contributed by atoms with van der Waals surface area (Å²) >= 11 is 0. The van der Waals surface area contributed by atoms with Crippen molar-refractivity contribution in [1.82, 2.24) is 0 Å². The number of hydrogen-bond acceptors (Lipinski definition) is 4. The first kappa shape index (κ1) is 21.8. The minimum Gasteiger partial charge on any atom is -0.493 e. The first-order valence-electron chi connectivity index (χ1n) is 11.2. The number of rotatable bonds is 7. The lowest BCUT2D eigenvalue weighted by Gasteiger charge is -2.48.